The Hall–Kier alpha value is -1.69. The van der Waals surface area contributed by atoms with Crippen LogP contribution in [0, 0.1) is 0 Å². The van der Waals surface area contributed by atoms with Crippen molar-refractivity contribution in [3.05, 3.63) is 24.4 Å². The van der Waals surface area contributed by atoms with Crippen LogP contribution in [0.2, 0.25) is 0 Å². The van der Waals surface area contributed by atoms with Crippen LogP contribution in [-0.2, 0) is 5.54 Å². The van der Waals surface area contributed by atoms with Gasteiger partial charge in [-0.25, -0.2) is 4.79 Å². The topological polar surface area (TPSA) is 67.2 Å². The van der Waals surface area contributed by atoms with Crippen molar-refractivity contribution in [2.45, 2.75) is 19.4 Å². The lowest BCUT2D eigenvalue weighted by atomic mass is 10.1. The second-order valence-corrected chi connectivity index (χ2v) is 5.84. The first-order valence-corrected chi connectivity index (χ1v) is 7.31. The maximum atomic E-state index is 10.8. The van der Waals surface area contributed by atoms with Crippen LogP contribution in [0.15, 0.2) is 24.4 Å². The summed E-state index contributed by atoms with van der Waals surface area (Å²) in [7, 11) is 0. The molecule has 0 aliphatic rings. The van der Waals surface area contributed by atoms with Gasteiger partial charge in [-0.15, -0.1) is 0 Å². The first-order valence-electron chi connectivity index (χ1n) is 5.92. The molecule has 1 heterocycles. The zero-order valence-corrected chi connectivity index (χ0v) is 12.0. The standard InChI is InChI=1S/C13H17N3O2S/c1-13(2,8-19-3)16-11-6-4-5-10(15-12(17)18)9(11)7-14-16/h4-7,15H,8H2,1-3H3,(H,17,18). The monoisotopic (exact) mass is 279 g/mol. The second-order valence-electron chi connectivity index (χ2n) is 4.97. The van der Waals surface area contributed by atoms with Gasteiger partial charge < -0.3 is 5.11 Å². The van der Waals surface area contributed by atoms with E-state index in [1.807, 2.05) is 16.8 Å². The number of aromatic nitrogens is 2. The molecule has 5 nitrogen and oxygen atoms in total. The summed E-state index contributed by atoms with van der Waals surface area (Å²) >= 11 is 1.76. The van der Waals surface area contributed by atoms with Crippen LogP contribution >= 0.6 is 11.8 Å². The molecule has 0 aliphatic heterocycles. The smallest absolute Gasteiger partial charge is 0.409 e. The highest BCUT2D eigenvalue weighted by Crippen LogP contribution is 2.28. The van der Waals surface area contributed by atoms with Gasteiger partial charge in [-0.2, -0.15) is 16.9 Å². The average Bonchev–Trinajstić information content (AvgIpc) is 2.73. The van der Waals surface area contributed by atoms with E-state index < -0.39 is 6.09 Å². The molecule has 1 aromatic heterocycles. The van der Waals surface area contributed by atoms with E-state index in [1.54, 1.807) is 24.0 Å². The number of anilines is 1. The van der Waals surface area contributed by atoms with Crippen molar-refractivity contribution in [2.75, 3.05) is 17.3 Å². The summed E-state index contributed by atoms with van der Waals surface area (Å²) in [6, 6.07) is 5.53. The molecule has 0 spiro atoms. The van der Waals surface area contributed by atoms with Crippen molar-refractivity contribution in [1.29, 1.82) is 0 Å². The number of fused-ring (bicyclic) bond motifs is 1. The van der Waals surface area contributed by atoms with Crippen LogP contribution in [0.25, 0.3) is 10.9 Å². The predicted octanol–water partition coefficient (Wildman–Crippen LogP) is 3.22. The average molecular weight is 279 g/mol. The first-order chi connectivity index (χ1) is 8.95. The van der Waals surface area contributed by atoms with Gasteiger partial charge in [0.2, 0.25) is 0 Å². The summed E-state index contributed by atoms with van der Waals surface area (Å²) < 4.78 is 1.95. The van der Waals surface area contributed by atoms with Crippen molar-refractivity contribution in [3.8, 4) is 0 Å². The van der Waals surface area contributed by atoms with E-state index >= 15 is 0 Å². The number of hydrogen-bond acceptors (Lipinski definition) is 3. The molecule has 0 fully saturated rings. The quantitative estimate of drug-likeness (QED) is 0.901. The van der Waals surface area contributed by atoms with Crippen LogP contribution in [0.4, 0.5) is 10.5 Å². The minimum atomic E-state index is -1.07. The Kier molecular flexibility index (Phi) is 3.71. The molecule has 1 amide bonds. The fraction of sp³-hybridized carbons (Fsp3) is 0.385. The van der Waals surface area contributed by atoms with E-state index in [0.717, 1.165) is 16.7 Å². The lowest BCUT2D eigenvalue weighted by Crippen LogP contribution is -2.30. The molecule has 102 valence electrons. The Labute approximate surface area is 116 Å². The van der Waals surface area contributed by atoms with Gasteiger partial charge in [0.15, 0.2) is 0 Å². The number of amides is 1. The summed E-state index contributed by atoms with van der Waals surface area (Å²) in [5.74, 6) is 0.931. The van der Waals surface area contributed by atoms with Crippen molar-refractivity contribution in [3.63, 3.8) is 0 Å². The number of thioether (sulfide) groups is 1. The summed E-state index contributed by atoms with van der Waals surface area (Å²) in [5.41, 5.74) is 1.38. The van der Waals surface area contributed by atoms with Crippen molar-refractivity contribution >= 4 is 34.4 Å². The van der Waals surface area contributed by atoms with Crippen LogP contribution in [0.1, 0.15) is 13.8 Å². The highest BCUT2D eigenvalue weighted by atomic mass is 32.2. The number of benzene rings is 1. The van der Waals surface area contributed by atoms with E-state index in [9.17, 15) is 4.79 Å². The van der Waals surface area contributed by atoms with Gasteiger partial charge in [0, 0.05) is 11.1 Å². The Morgan fingerprint density at radius 2 is 2.26 bits per heavy atom. The molecule has 19 heavy (non-hydrogen) atoms. The summed E-state index contributed by atoms with van der Waals surface area (Å²) in [4.78, 5) is 10.8. The van der Waals surface area contributed by atoms with Gasteiger partial charge in [-0.05, 0) is 32.2 Å². The highest BCUT2D eigenvalue weighted by molar-refractivity contribution is 7.98. The Morgan fingerprint density at radius 3 is 2.89 bits per heavy atom. The largest absolute Gasteiger partial charge is 0.465 e. The van der Waals surface area contributed by atoms with E-state index in [2.05, 4.69) is 30.5 Å². The summed E-state index contributed by atoms with van der Waals surface area (Å²) in [6.07, 6.45) is 2.71. The molecule has 0 saturated heterocycles. The van der Waals surface area contributed by atoms with Gasteiger partial charge in [0.25, 0.3) is 0 Å². The van der Waals surface area contributed by atoms with E-state index in [4.69, 9.17) is 5.11 Å². The molecule has 0 bridgehead atoms. The fourth-order valence-corrected chi connectivity index (χ4v) is 3.00. The van der Waals surface area contributed by atoms with Gasteiger partial charge in [-0.1, -0.05) is 6.07 Å². The molecule has 0 aliphatic carbocycles. The molecule has 0 radical (unpaired) electrons. The fourth-order valence-electron chi connectivity index (χ4n) is 2.17. The third-order valence-corrected chi connectivity index (χ3v) is 3.92. The lowest BCUT2D eigenvalue weighted by molar-refractivity contribution is 0.210. The number of carboxylic acid groups (broad SMARTS) is 1. The minimum absolute atomic E-state index is 0.122. The van der Waals surface area contributed by atoms with E-state index in [-0.39, 0.29) is 5.54 Å². The first kappa shape index (κ1) is 13.7. The normalized spacial score (nSPS) is 11.7. The molecule has 1 aromatic carbocycles. The molecular formula is C13H17N3O2S. The minimum Gasteiger partial charge on any atom is -0.465 e. The Balaban J connectivity index is 2.52. The summed E-state index contributed by atoms with van der Waals surface area (Å²) in [5, 5.41) is 16.5. The Bertz CT molecular complexity index is 607. The highest BCUT2D eigenvalue weighted by Gasteiger charge is 2.23. The van der Waals surface area contributed by atoms with Crippen LogP contribution in [0.5, 0.6) is 0 Å². The third-order valence-electron chi connectivity index (χ3n) is 2.93. The summed E-state index contributed by atoms with van der Waals surface area (Å²) in [6.45, 7) is 4.24. The third kappa shape index (κ3) is 2.68. The molecule has 0 saturated carbocycles. The molecule has 2 aromatic rings. The Morgan fingerprint density at radius 1 is 1.53 bits per heavy atom. The number of nitrogens with one attached hydrogen (secondary N) is 1. The van der Waals surface area contributed by atoms with Gasteiger partial charge in [0.1, 0.15) is 0 Å². The number of carbonyl (C=O) groups is 1. The molecule has 2 N–H and O–H groups in total. The number of hydrogen-bond donors (Lipinski definition) is 2. The molecule has 0 unspecified atom stereocenters. The van der Waals surface area contributed by atoms with Gasteiger partial charge in [-0.3, -0.25) is 10.00 Å². The maximum absolute atomic E-state index is 10.8. The molecular weight excluding hydrogens is 262 g/mol. The zero-order valence-electron chi connectivity index (χ0n) is 11.2. The molecule has 0 atom stereocenters. The SMILES string of the molecule is CSCC(C)(C)n1ncc2c(NC(=O)O)cccc21. The molecule has 6 heteroatoms. The van der Waals surface area contributed by atoms with E-state index in [0.29, 0.717) is 5.69 Å². The maximum Gasteiger partial charge on any atom is 0.409 e. The van der Waals surface area contributed by atoms with E-state index in [1.165, 1.54) is 0 Å². The van der Waals surface area contributed by atoms with Crippen LogP contribution in [-0.4, -0.2) is 33.0 Å². The lowest BCUT2D eigenvalue weighted by Gasteiger charge is -2.25. The van der Waals surface area contributed by atoms with Crippen molar-refractivity contribution in [1.82, 2.24) is 9.78 Å². The van der Waals surface area contributed by atoms with Crippen LogP contribution < -0.4 is 5.32 Å². The van der Waals surface area contributed by atoms with Crippen LogP contribution in [0.3, 0.4) is 0 Å². The number of rotatable bonds is 4. The number of nitrogens with zero attached hydrogens (tertiary/aromatic N) is 2. The van der Waals surface area contributed by atoms with Crippen molar-refractivity contribution < 1.29 is 9.90 Å². The molecule has 2 rings (SSSR count). The predicted molar refractivity (Wildman–Crippen MR) is 79.1 cm³/mol. The van der Waals surface area contributed by atoms with Crippen molar-refractivity contribution in [2.24, 2.45) is 0 Å². The second kappa shape index (κ2) is 5.13. The zero-order chi connectivity index (χ0) is 14.0. The van der Waals surface area contributed by atoms with Gasteiger partial charge in [0.05, 0.1) is 22.9 Å². The van der Waals surface area contributed by atoms with Gasteiger partial charge >= 0.3 is 6.09 Å².